The Morgan fingerprint density at radius 1 is 1.45 bits per heavy atom. The molecule has 6 heteroatoms. The van der Waals surface area contributed by atoms with Crippen molar-refractivity contribution in [1.29, 1.82) is 0 Å². The van der Waals surface area contributed by atoms with Crippen LogP contribution in [0.5, 0.6) is 0 Å². The maximum absolute atomic E-state index is 12.2. The Labute approximate surface area is 118 Å². The number of aromatic nitrogens is 2. The average molecular weight is 276 g/mol. The minimum atomic E-state index is -0.444. The fourth-order valence-corrected chi connectivity index (χ4v) is 2.78. The molecule has 0 spiro atoms. The van der Waals surface area contributed by atoms with E-state index in [-0.39, 0.29) is 12.1 Å². The summed E-state index contributed by atoms with van der Waals surface area (Å²) in [5.41, 5.74) is -0.444. The van der Waals surface area contributed by atoms with Crippen LogP contribution in [0, 0.1) is 6.92 Å². The summed E-state index contributed by atoms with van der Waals surface area (Å²) in [6, 6.07) is -0.0171. The van der Waals surface area contributed by atoms with Gasteiger partial charge in [-0.05, 0) is 38.5 Å². The van der Waals surface area contributed by atoms with Crippen LogP contribution in [0.4, 0.5) is 4.79 Å². The molecule has 0 radical (unpaired) electrons. The first kappa shape index (κ1) is 13.1. The summed E-state index contributed by atoms with van der Waals surface area (Å²) in [4.78, 5) is 16.4. The molecule has 0 bridgehead atoms. The van der Waals surface area contributed by atoms with Crippen molar-refractivity contribution in [2.45, 2.75) is 57.0 Å². The second-order valence-corrected chi connectivity index (χ2v) is 5.64. The van der Waals surface area contributed by atoms with Crippen molar-refractivity contribution in [3.05, 3.63) is 23.9 Å². The lowest BCUT2D eigenvalue weighted by Crippen LogP contribution is -2.55. The van der Waals surface area contributed by atoms with Gasteiger partial charge in [-0.1, -0.05) is 17.3 Å². The zero-order valence-electron chi connectivity index (χ0n) is 11.7. The monoisotopic (exact) mass is 276 g/mol. The molecule has 20 heavy (non-hydrogen) atoms. The van der Waals surface area contributed by atoms with Gasteiger partial charge in [0, 0.05) is 13.0 Å². The third-order valence-electron chi connectivity index (χ3n) is 4.09. The van der Waals surface area contributed by atoms with Gasteiger partial charge in [0.25, 0.3) is 0 Å². The van der Waals surface area contributed by atoms with Crippen LogP contribution < -0.4 is 10.6 Å². The van der Waals surface area contributed by atoms with Gasteiger partial charge in [-0.2, -0.15) is 4.98 Å². The molecule has 1 saturated carbocycles. The van der Waals surface area contributed by atoms with E-state index >= 15 is 0 Å². The molecule has 108 valence electrons. The number of nitrogens with one attached hydrogen (secondary N) is 2. The Kier molecular flexibility index (Phi) is 3.46. The summed E-state index contributed by atoms with van der Waals surface area (Å²) in [6.07, 6.45) is 10.2. The standard InChI is InChI=1S/C14H20N4O2/c1-10-15-12(18-20-10)14(8-5-9-14)17-13(19)16-11-6-3-2-4-7-11/h3,6,11H,2,4-5,7-9H2,1H3,(H2,16,17,19)/t11-/m1/s1. The number of nitrogens with zero attached hydrogens (tertiary/aromatic N) is 2. The van der Waals surface area contributed by atoms with Crippen LogP contribution in [0.3, 0.4) is 0 Å². The molecule has 1 fully saturated rings. The van der Waals surface area contributed by atoms with E-state index in [0.717, 1.165) is 38.5 Å². The molecule has 0 aromatic carbocycles. The highest BCUT2D eigenvalue weighted by molar-refractivity contribution is 5.75. The van der Waals surface area contributed by atoms with Crippen molar-refractivity contribution in [3.63, 3.8) is 0 Å². The lowest BCUT2D eigenvalue weighted by molar-refractivity contribution is 0.163. The van der Waals surface area contributed by atoms with Gasteiger partial charge >= 0.3 is 6.03 Å². The first-order valence-electron chi connectivity index (χ1n) is 7.24. The van der Waals surface area contributed by atoms with Crippen molar-refractivity contribution >= 4 is 6.03 Å². The molecular weight excluding hydrogens is 256 g/mol. The minimum Gasteiger partial charge on any atom is -0.340 e. The van der Waals surface area contributed by atoms with E-state index in [0.29, 0.717) is 11.7 Å². The SMILES string of the molecule is Cc1nc(C2(NC(=O)N[C@@H]3C=CCCC3)CCC2)no1. The Morgan fingerprint density at radius 2 is 2.30 bits per heavy atom. The van der Waals surface area contributed by atoms with Crippen LogP contribution in [-0.2, 0) is 5.54 Å². The highest BCUT2D eigenvalue weighted by atomic mass is 16.5. The molecule has 0 saturated heterocycles. The summed E-state index contributed by atoms with van der Waals surface area (Å²) >= 11 is 0. The van der Waals surface area contributed by atoms with Gasteiger partial charge in [0.2, 0.25) is 5.89 Å². The smallest absolute Gasteiger partial charge is 0.316 e. The molecule has 2 aliphatic carbocycles. The van der Waals surface area contributed by atoms with E-state index in [2.05, 4.69) is 32.9 Å². The summed E-state index contributed by atoms with van der Waals surface area (Å²) in [5, 5.41) is 10.0. The third-order valence-corrected chi connectivity index (χ3v) is 4.09. The maximum Gasteiger partial charge on any atom is 0.316 e. The largest absolute Gasteiger partial charge is 0.340 e. The van der Waals surface area contributed by atoms with Crippen LogP contribution in [0.15, 0.2) is 16.7 Å². The van der Waals surface area contributed by atoms with Gasteiger partial charge in [-0.25, -0.2) is 4.79 Å². The molecule has 6 nitrogen and oxygen atoms in total. The third kappa shape index (κ3) is 2.55. The van der Waals surface area contributed by atoms with Crippen molar-refractivity contribution in [2.24, 2.45) is 0 Å². The molecule has 3 rings (SSSR count). The van der Waals surface area contributed by atoms with E-state index in [1.54, 1.807) is 6.92 Å². The second-order valence-electron chi connectivity index (χ2n) is 5.64. The van der Waals surface area contributed by atoms with Gasteiger partial charge in [0.15, 0.2) is 5.82 Å². The van der Waals surface area contributed by atoms with Gasteiger partial charge in [0.05, 0.1) is 0 Å². The topological polar surface area (TPSA) is 80.0 Å². The zero-order valence-corrected chi connectivity index (χ0v) is 11.7. The van der Waals surface area contributed by atoms with E-state index in [4.69, 9.17) is 4.52 Å². The molecule has 2 N–H and O–H groups in total. The Balaban J connectivity index is 1.64. The first-order valence-corrected chi connectivity index (χ1v) is 7.24. The van der Waals surface area contributed by atoms with Crippen molar-refractivity contribution < 1.29 is 9.32 Å². The van der Waals surface area contributed by atoms with Gasteiger partial charge in [-0.3, -0.25) is 0 Å². The van der Waals surface area contributed by atoms with E-state index in [9.17, 15) is 4.79 Å². The average Bonchev–Trinajstić information content (AvgIpc) is 2.82. The maximum atomic E-state index is 12.2. The van der Waals surface area contributed by atoms with E-state index < -0.39 is 5.54 Å². The van der Waals surface area contributed by atoms with E-state index in [1.165, 1.54) is 0 Å². The first-order chi connectivity index (χ1) is 9.68. The van der Waals surface area contributed by atoms with Gasteiger partial charge in [0.1, 0.15) is 5.54 Å². The number of carbonyl (C=O) groups excluding carboxylic acids is 1. The number of rotatable bonds is 3. The lowest BCUT2D eigenvalue weighted by Gasteiger charge is -2.39. The molecule has 2 amide bonds. The molecule has 0 unspecified atom stereocenters. The van der Waals surface area contributed by atoms with Crippen LogP contribution in [0.25, 0.3) is 0 Å². The molecule has 2 aliphatic rings. The van der Waals surface area contributed by atoms with Crippen LogP contribution in [0.1, 0.15) is 50.2 Å². The van der Waals surface area contributed by atoms with Crippen LogP contribution in [-0.4, -0.2) is 22.2 Å². The summed E-state index contributed by atoms with van der Waals surface area (Å²) in [5.74, 6) is 1.12. The molecule has 1 atom stereocenters. The summed E-state index contributed by atoms with van der Waals surface area (Å²) in [7, 11) is 0. The van der Waals surface area contributed by atoms with Crippen molar-refractivity contribution in [1.82, 2.24) is 20.8 Å². The van der Waals surface area contributed by atoms with Crippen LogP contribution >= 0.6 is 0 Å². The predicted octanol–water partition coefficient (Wildman–Crippen LogP) is 2.17. The normalized spacial score (nSPS) is 23.9. The highest BCUT2D eigenvalue weighted by Gasteiger charge is 2.44. The molecular formula is C14H20N4O2. The van der Waals surface area contributed by atoms with Gasteiger partial charge in [-0.15, -0.1) is 0 Å². The molecule has 1 heterocycles. The fraction of sp³-hybridized carbons (Fsp3) is 0.643. The zero-order chi connectivity index (χ0) is 14.0. The lowest BCUT2D eigenvalue weighted by atomic mass is 9.76. The highest BCUT2D eigenvalue weighted by Crippen LogP contribution is 2.39. The fourth-order valence-electron chi connectivity index (χ4n) is 2.78. The number of allylic oxidation sites excluding steroid dienone is 1. The minimum absolute atomic E-state index is 0.132. The molecule has 1 aromatic rings. The number of hydrogen-bond acceptors (Lipinski definition) is 4. The van der Waals surface area contributed by atoms with Crippen LogP contribution in [0.2, 0.25) is 0 Å². The number of amides is 2. The second kappa shape index (κ2) is 5.26. The number of aryl methyl sites for hydroxylation is 1. The number of hydrogen-bond donors (Lipinski definition) is 2. The summed E-state index contributed by atoms with van der Waals surface area (Å²) in [6.45, 7) is 1.76. The molecule has 1 aromatic heterocycles. The number of urea groups is 1. The Bertz CT molecular complexity index is 519. The summed E-state index contributed by atoms with van der Waals surface area (Å²) < 4.78 is 5.03. The van der Waals surface area contributed by atoms with Crippen molar-refractivity contribution in [2.75, 3.05) is 0 Å². The number of carbonyl (C=O) groups is 1. The van der Waals surface area contributed by atoms with Gasteiger partial charge < -0.3 is 15.2 Å². The molecule has 0 aliphatic heterocycles. The Morgan fingerprint density at radius 3 is 2.85 bits per heavy atom. The quantitative estimate of drug-likeness (QED) is 0.829. The Hall–Kier alpha value is -1.85. The van der Waals surface area contributed by atoms with E-state index in [1.807, 2.05) is 0 Å². The van der Waals surface area contributed by atoms with Crippen molar-refractivity contribution in [3.8, 4) is 0 Å². The predicted molar refractivity (Wildman–Crippen MR) is 73.0 cm³/mol.